The Labute approximate surface area is 202 Å². The highest BCUT2D eigenvalue weighted by atomic mass is 19.1. The standard InChI is InChI=1S/C26H28FN5O3/c1-15-6-7-17(23-30-25(35-31-23)18-13-19(18)27)12-20(15)29-24(33)21-14-28-22-11-16(8-10-32(21)22)5-4-9-26(2,3)34/h6-8,10-12,14,18-19,34H,4-5,9,13H2,1-3H3,(H,29,33)/t18-,19-/m0/s1. The smallest absolute Gasteiger partial charge is 0.274 e. The van der Waals surface area contributed by atoms with E-state index in [0.29, 0.717) is 47.1 Å². The van der Waals surface area contributed by atoms with Crippen molar-refractivity contribution in [3.05, 3.63) is 65.4 Å². The van der Waals surface area contributed by atoms with Gasteiger partial charge in [-0.1, -0.05) is 17.3 Å². The lowest BCUT2D eigenvalue weighted by Gasteiger charge is -2.16. The fourth-order valence-corrected chi connectivity index (χ4v) is 4.08. The molecule has 2 N–H and O–H groups in total. The van der Waals surface area contributed by atoms with E-state index in [2.05, 4.69) is 20.4 Å². The number of hydrogen-bond donors (Lipinski definition) is 2. The third-order valence-corrected chi connectivity index (χ3v) is 6.28. The van der Waals surface area contributed by atoms with Gasteiger partial charge in [0, 0.05) is 17.4 Å². The predicted molar refractivity (Wildman–Crippen MR) is 129 cm³/mol. The summed E-state index contributed by atoms with van der Waals surface area (Å²) in [5, 5.41) is 16.8. The van der Waals surface area contributed by atoms with E-state index in [0.717, 1.165) is 24.0 Å². The summed E-state index contributed by atoms with van der Waals surface area (Å²) >= 11 is 0. The Kier molecular flexibility index (Phi) is 5.88. The number of amides is 1. The largest absolute Gasteiger partial charge is 0.390 e. The number of aliphatic hydroxyl groups is 1. The summed E-state index contributed by atoms with van der Waals surface area (Å²) in [5.41, 5.74) is 3.69. The molecule has 182 valence electrons. The van der Waals surface area contributed by atoms with Crippen molar-refractivity contribution in [1.82, 2.24) is 19.5 Å². The summed E-state index contributed by atoms with van der Waals surface area (Å²) in [5.74, 6) is 0.0722. The van der Waals surface area contributed by atoms with Crippen LogP contribution in [-0.4, -0.2) is 42.3 Å². The lowest BCUT2D eigenvalue weighted by atomic mass is 9.99. The van der Waals surface area contributed by atoms with Gasteiger partial charge < -0.3 is 14.9 Å². The summed E-state index contributed by atoms with van der Waals surface area (Å²) < 4.78 is 20.3. The number of alkyl halides is 1. The first kappa shape index (κ1) is 23.2. The Morgan fingerprint density at radius 1 is 1.31 bits per heavy atom. The van der Waals surface area contributed by atoms with E-state index < -0.39 is 11.8 Å². The fraction of sp³-hybridized carbons (Fsp3) is 0.385. The van der Waals surface area contributed by atoms with Gasteiger partial charge >= 0.3 is 0 Å². The molecular weight excluding hydrogens is 449 g/mol. The van der Waals surface area contributed by atoms with Gasteiger partial charge in [0.15, 0.2) is 0 Å². The number of nitrogens with one attached hydrogen (secondary N) is 1. The normalized spacial score (nSPS) is 17.6. The van der Waals surface area contributed by atoms with E-state index in [4.69, 9.17) is 4.52 Å². The average Bonchev–Trinajstić information content (AvgIpc) is 3.19. The second-order valence-corrected chi connectivity index (χ2v) is 9.87. The number of halogens is 1. The summed E-state index contributed by atoms with van der Waals surface area (Å²) in [7, 11) is 0. The summed E-state index contributed by atoms with van der Waals surface area (Å²) in [6, 6.07) is 9.42. The Morgan fingerprint density at radius 3 is 2.86 bits per heavy atom. The number of carbonyl (C=O) groups is 1. The van der Waals surface area contributed by atoms with Gasteiger partial charge in [-0.25, -0.2) is 9.37 Å². The molecule has 2 atom stereocenters. The van der Waals surface area contributed by atoms with E-state index >= 15 is 0 Å². The first-order valence-electron chi connectivity index (χ1n) is 11.8. The van der Waals surface area contributed by atoms with Crippen molar-refractivity contribution in [1.29, 1.82) is 0 Å². The van der Waals surface area contributed by atoms with Crippen molar-refractivity contribution in [3.8, 4) is 11.4 Å². The van der Waals surface area contributed by atoms with Crippen molar-refractivity contribution in [2.24, 2.45) is 0 Å². The van der Waals surface area contributed by atoms with Crippen molar-refractivity contribution in [2.45, 2.75) is 64.1 Å². The first-order valence-corrected chi connectivity index (χ1v) is 11.8. The van der Waals surface area contributed by atoms with Gasteiger partial charge in [0.1, 0.15) is 17.5 Å². The molecule has 3 heterocycles. The number of pyridine rings is 1. The second-order valence-electron chi connectivity index (χ2n) is 9.87. The highest BCUT2D eigenvalue weighted by Crippen LogP contribution is 2.43. The minimum atomic E-state index is -0.912. The van der Waals surface area contributed by atoms with Crippen molar-refractivity contribution in [3.63, 3.8) is 0 Å². The topological polar surface area (TPSA) is 106 Å². The van der Waals surface area contributed by atoms with Crippen LogP contribution in [-0.2, 0) is 6.42 Å². The van der Waals surface area contributed by atoms with Crippen molar-refractivity contribution < 1.29 is 18.8 Å². The summed E-state index contributed by atoms with van der Waals surface area (Å²) in [4.78, 5) is 21.8. The molecule has 4 aromatic rings. The fourth-order valence-electron chi connectivity index (χ4n) is 4.08. The van der Waals surface area contributed by atoms with Crippen LogP contribution >= 0.6 is 0 Å². The molecule has 0 spiro atoms. The maximum absolute atomic E-state index is 13.3. The van der Waals surface area contributed by atoms with Gasteiger partial charge in [-0.05, 0) is 75.8 Å². The Balaban J connectivity index is 1.31. The number of benzene rings is 1. The molecular formula is C26H28FN5O3. The molecule has 1 saturated carbocycles. The lowest BCUT2D eigenvalue weighted by Crippen LogP contribution is -2.18. The molecule has 1 aliphatic rings. The summed E-state index contributed by atoms with van der Waals surface area (Å²) in [6.45, 7) is 5.51. The minimum absolute atomic E-state index is 0.292. The predicted octanol–water partition coefficient (Wildman–Crippen LogP) is 4.86. The van der Waals surface area contributed by atoms with Crippen LogP contribution in [0.15, 0.2) is 47.2 Å². The summed E-state index contributed by atoms with van der Waals surface area (Å²) in [6.07, 6.45) is 5.30. The number of anilines is 1. The van der Waals surface area contributed by atoms with Gasteiger partial charge in [-0.2, -0.15) is 4.98 Å². The van der Waals surface area contributed by atoms with Crippen molar-refractivity contribution >= 4 is 17.2 Å². The van der Waals surface area contributed by atoms with Gasteiger partial charge in [0.2, 0.25) is 11.7 Å². The zero-order chi connectivity index (χ0) is 24.7. The first-order chi connectivity index (χ1) is 16.7. The van der Waals surface area contributed by atoms with Crippen LogP contribution in [0.1, 0.15) is 66.5 Å². The molecule has 8 nitrogen and oxygen atoms in total. The molecule has 0 radical (unpaired) electrons. The zero-order valence-electron chi connectivity index (χ0n) is 20.0. The average molecular weight is 478 g/mol. The molecule has 3 aromatic heterocycles. The molecule has 0 aliphatic heterocycles. The Bertz CT molecular complexity index is 1390. The van der Waals surface area contributed by atoms with E-state index in [-0.39, 0.29) is 11.8 Å². The van der Waals surface area contributed by atoms with Crippen LogP contribution in [0.2, 0.25) is 0 Å². The third-order valence-electron chi connectivity index (χ3n) is 6.28. The molecule has 35 heavy (non-hydrogen) atoms. The molecule has 0 unspecified atom stereocenters. The lowest BCUT2D eigenvalue weighted by molar-refractivity contribution is 0.0689. The van der Waals surface area contributed by atoms with Gasteiger partial charge in [0.25, 0.3) is 5.91 Å². The molecule has 5 rings (SSSR count). The van der Waals surface area contributed by atoms with Gasteiger partial charge in [0.05, 0.1) is 17.7 Å². The number of hydrogen-bond acceptors (Lipinski definition) is 6. The van der Waals surface area contributed by atoms with Gasteiger partial charge in [-0.3, -0.25) is 9.20 Å². The highest BCUT2D eigenvalue weighted by Gasteiger charge is 2.43. The van der Waals surface area contributed by atoms with Crippen LogP contribution in [0.25, 0.3) is 17.0 Å². The molecule has 0 saturated heterocycles. The van der Waals surface area contributed by atoms with E-state index in [1.54, 1.807) is 30.5 Å². The number of rotatable bonds is 8. The van der Waals surface area contributed by atoms with E-state index in [1.165, 1.54) is 0 Å². The maximum Gasteiger partial charge on any atom is 0.274 e. The van der Waals surface area contributed by atoms with Crippen LogP contribution < -0.4 is 5.32 Å². The minimum Gasteiger partial charge on any atom is -0.390 e. The number of fused-ring (bicyclic) bond motifs is 1. The Morgan fingerprint density at radius 2 is 2.11 bits per heavy atom. The van der Waals surface area contributed by atoms with Crippen LogP contribution in [0, 0.1) is 6.92 Å². The Hall–Kier alpha value is -3.59. The highest BCUT2D eigenvalue weighted by molar-refractivity contribution is 6.04. The number of imidazole rings is 1. The molecule has 9 heteroatoms. The van der Waals surface area contributed by atoms with Crippen molar-refractivity contribution in [2.75, 3.05) is 5.32 Å². The number of carbonyl (C=O) groups excluding carboxylic acids is 1. The quantitative estimate of drug-likeness (QED) is 0.375. The van der Waals surface area contributed by atoms with E-state index in [9.17, 15) is 14.3 Å². The number of nitrogens with zero attached hydrogens (tertiary/aromatic N) is 4. The molecule has 0 bridgehead atoms. The number of aryl methyl sites for hydroxylation is 2. The van der Waals surface area contributed by atoms with Crippen LogP contribution in [0.4, 0.5) is 10.1 Å². The monoisotopic (exact) mass is 477 g/mol. The SMILES string of the molecule is Cc1ccc(-c2noc([C@H]3C[C@@H]3F)n2)cc1NC(=O)c1cnc2cc(CCCC(C)(C)O)ccn12. The van der Waals surface area contributed by atoms with E-state index in [1.807, 2.05) is 37.4 Å². The zero-order valence-corrected chi connectivity index (χ0v) is 20.0. The van der Waals surface area contributed by atoms with Crippen LogP contribution in [0.3, 0.4) is 0 Å². The molecule has 1 aromatic carbocycles. The van der Waals surface area contributed by atoms with Crippen LogP contribution in [0.5, 0.6) is 0 Å². The van der Waals surface area contributed by atoms with Gasteiger partial charge in [-0.15, -0.1) is 0 Å². The second kappa shape index (κ2) is 8.88. The molecule has 1 aliphatic carbocycles. The molecule has 1 amide bonds. The maximum atomic E-state index is 13.3. The third kappa shape index (κ3) is 5.09. The number of aromatic nitrogens is 4. The molecule has 1 fully saturated rings.